The number of rotatable bonds is 3. The van der Waals surface area contributed by atoms with Gasteiger partial charge in [-0.1, -0.05) is 17.5 Å². The molecule has 0 amide bonds. The van der Waals surface area contributed by atoms with Crippen molar-refractivity contribution in [3.63, 3.8) is 0 Å². The third kappa shape index (κ3) is 2.10. The van der Waals surface area contributed by atoms with Gasteiger partial charge in [-0.3, -0.25) is 4.98 Å². The van der Waals surface area contributed by atoms with Crippen LogP contribution in [0.15, 0.2) is 18.3 Å². The largest absolute Gasteiger partial charge is 0.319 e. The van der Waals surface area contributed by atoms with Crippen molar-refractivity contribution in [2.75, 3.05) is 0 Å². The van der Waals surface area contributed by atoms with Crippen LogP contribution in [-0.4, -0.2) is 14.6 Å². The molecule has 2 N–H and O–H groups in total. The normalized spacial score (nSPS) is 12.7. The fraction of sp³-hybridized carbons (Fsp3) is 0.364. The van der Waals surface area contributed by atoms with E-state index in [9.17, 15) is 0 Å². The highest BCUT2D eigenvalue weighted by Crippen LogP contribution is 2.24. The second-order valence-electron chi connectivity index (χ2n) is 3.65. The number of aryl methyl sites for hydroxylation is 2. The zero-order chi connectivity index (χ0) is 11.5. The maximum absolute atomic E-state index is 6.18. The maximum atomic E-state index is 6.18. The molecule has 16 heavy (non-hydrogen) atoms. The first kappa shape index (κ1) is 11.2. The second-order valence-corrected chi connectivity index (χ2v) is 4.43. The Labute approximate surface area is 98.7 Å². The zero-order valence-corrected chi connectivity index (χ0v) is 10.2. The van der Waals surface area contributed by atoms with E-state index in [1.54, 1.807) is 0 Å². The number of nitrogens with two attached hydrogens (primary N) is 1. The third-order valence-electron chi connectivity index (χ3n) is 2.50. The molecule has 2 aromatic heterocycles. The molecular formula is C11H14N4S. The van der Waals surface area contributed by atoms with E-state index in [2.05, 4.69) is 21.5 Å². The van der Waals surface area contributed by atoms with Gasteiger partial charge < -0.3 is 5.73 Å². The molecule has 84 valence electrons. The molecule has 0 saturated carbocycles. The molecule has 5 heteroatoms. The van der Waals surface area contributed by atoms with E-state index in [1.165, 1.54) is 11.5 Å². The molecule has 0 aromatic carbocycles. The van der Waals surface area contributed by atoms with Gasteiger partial charge in [-0.25, -0.2) is 0 Å². The van der Waals surface area contributed by atoms with E-state index < -0.39 is 0 Å². The van der Waals surface area contributed by atoms with Gasteiger partial charge in [-0.05, 0) is 36.5 Å². The van der Waals surface area contributed by atoms with Crippen LogP contribution in [-0.2, 0) is 6.42 Å². The SMILES string of the molecule is CCc1nnsc1C(N)c1ccc(C)nc1. The van der Waals surface area contributed by atoms with Gasteiger partial charge in [-0.2, -0.15) is 0 Å². The summed E-state index contributed by atoms with van der Waals surface area (Å²) in [5, 5.41) is 4.07. The highest BCUT2D eigenvalue weighted by Gasteiger charge is 2.16. The highest BCUT2D eigenvalue weighted by molar-refractivity contribution is 7.05. The molecule has 0 fully saturated rings. The standard InChI is InChI=1S/C11H14N4S/c1-3-9-11(16-15-14-9)10(12)8-5-4-7(2)13-6-8/h4-6,10H,3,12H2,1-2H3. The molecule has 0 bridgehead atoms. The summed E-state index contributed by atoms with van der Waals surface area (Å²) in [6.45, 7) is 4.02. The first-order chi connectivity index (χ1) is 7.72. The van der Waals surface area contributed by atoms with Gasteiger partial charge in [0.05, 0.1) is 16.6 Å². The van der Waals surface area contributed by atoms with E-state index in [0.717, 1.165) is 28.2 Å². The monoisotopic (exact) mass is 234 g/mol. The fourth-order valence-electron chi connectivity index (χ4n) is 1.51. The molecule has 0 radical (unpaired) electrons. The smallest absolute Gasteiger partial charge is 0.0804 e. The summed E-state index contributed by atoms with van der Waals surface area (Å²) < 4.78 is 3.95. The van der Waals surface area contributed by atoms with Crippen molar-refractivity contribution in [2.24, 2.45) is 5.73 Å². The Hall–Kier alpha value is -1.33. The van der Waals surface area contributed by atoms with E-state index >= 15 is 0 Å². The van der Waals surface area contributed by atoms with Crippen LogP contribution in [0.5, 0.6) is 0 Å². The van der Waals surface area contributed by atoms with Crippen molar-refractivity contribution in [3.05, 3.63) is 40.2 Å². The van der Waals surface area contributed by atoms with Gasteiger partial charge in [0.2, 0.25) is 0 Å². The minimum atomic E-state index is -0.164. The molecule has 4 nitrogen and oxygen atoms in total. The van der Waals surface area contributed by atoms with Crippen LogP contribution in [0.3, 0.4) is 0 Å². The number of hydrogen-bond acceptors (Lipinski definition) is 5. The summed E-state index contributed by atoms with van der Waals surface area (Å²) in [5.41, 5.74) is 9.16. The Morgan fingerprint density at radius 2 is 2.25 bits per heavy atom. The Balaban J connectivity index is 2.31. The van der Waals surface area contributed by atoms with E-state index in [-0.39, 0.29) is 6.04 Å². The van der Waals surface area contributed by atoms with Crippen LogP contribution in [0.4, 0.5) is 0 Å². The van der Waals surface area contributed by atoms with Crippen LogP contribution in [0.25, 0.3) is 0 Å². The van der Waals surface area contributed by atoms with E-state index in [0.29, 0.717) is 0 Å². The Kier molecular flexibility index (Phi) is 3.26. The minimum absolute atomic E-state index is 0.164. The number of hydrogen-bond donors (Lipinski definition) is 1. The van der Waals surface area contributed by atoms with Crippen molar-refractivity contribution < 1.29 is 0 Å². The van der Waals surface area contributed by atoms with Gasteiger partial charge in [0.15, 0.2) is 0 Å². The molecule has 1 unspecified atom stereocenters. The lowest BCUT2D eigenvalue weighted by atomic mass is 10.1. The summed E-state index contributed by atoms with van der Waals surface area (Å²) in [5.74, 6) is 0. The summed E-state index contributed by atoms with van der Waals surface area (Å²) in [4.78, 5) is 5.28. The van der Waals surface area contributed by atoms with Crippen LogP contribution in [0, 0.1) is 6.92 Å². The first-order valence-corrected chi connectivity index (χ1v) is 5.99. The topological polar surface area (TPSA) is 64.7 Å². The van der Waals surface area contributed by atoms with E-state index in [4.69, 9.17) is 5.73 Å². The lowest BCUT2D eigenvalue weighted by Gasteiger charge is -2.10. The highest BCUT2D eigenvalue weighted by atomic mass is 32.1. The lowest BCUT2D eigenvalue weighted by Crippen LogP contribution is -2.12. The zero-order valence-electron chi connectivity index (χ0n) is 9.34. The van der Waals surface area contributed by atoms with Crippen molar-refractivity contribution in [2.45, 2.75) is 26.3 Å². The Morgan fingerprint density at radius 1 is 1.44 bits per heavy atom. The summed E-state index contributed by atoms with van der Waals surface area (Å²) >= 11 is 1.37. The predicted octanol–water partition coefficient (Wildman–Crippen LogP) is 1.85. The molecule has 2 rings (SSSR count). The summed E-state index contributed by atoms with van der Waals surface area (Å²) in [6.07, 6.45) is 2.68. The number of pyridine rings is 1. The van der Waals surface area contributed by atoms with Crippen LogP contribution in [0.2, 0.25) is 0 Å². The Morgan fingerprint density at radius 3 is 2.88 bits per heavy atom. The minimum Gasteiger partial charge on any atom is -0.319 e. The van der Waals surface area contributed by atoms with Crippen molar-refractivity contribution in [1.29, 1.82) is 0 Å². The van der Waals surface area contributed by atoms with Gasteiger partial charge in [0.1, 0.15) is 0 Å². The molecule has 0 aliphatic carbocycles. The number of aromatic nitrogens is 3. The quantitative estimate of drug-likeness (QED) is 0.880. The molecule has 0 spiro atoms. The first-order valence-electron chi connectivity index (χ1n) is 5.21. The fourth-order valence-corrected chi connectivity index (χ4v) is 2.28. The summed E-state index contributed by atoms with van der Waals surface area (Å²) in [6, 6.07) is 3.81. The van der Waals surface area contributed by atoms with Gasteiger partial charge in [0.25, 0.3) is 0 Å². The van der Waals surface area contributed by atoms with Gasteiger partial charge in [-0.15, -0.1) is 5.10 Å². The van der Waals surface area contributed by atoms with Gasteiger partial charge in [0, 0.05) is 11.9 Å². The lowest BCUT2D eigenvalue weighted by molar-refractivity contribution is 0.845. The van der Waals surface area contributed by atoms with Crippen molar-refractivity contribution in [1.82, 2.24) is 14.6 Å². The van der Waals surface area contributed by atoms with Crippen LogP contribution in [0.1, 0.15) is 34.8 Å². The van der Waals surface area contributed by atoms with Crippen molar-refractivity contribution in [3.8, 4) is 0 Å². The summed E-state index contributed by atoms with van der Waals surface area (Å²) in [7, 11) is 0. The second kappa shape index (κ2) is 4.67. The molecule has 0 aliphatic rings. The third-order valence-corrected chi connectivity index (χ3v) is 3.35. The molecule has 1 atom stereocenters. The van der Waals surface area contributed by atoms with Gasteiger partial charge >= 0.3 is 0 Å². The van der Waals surface area contributed by atoms with Crippen molar-refractivity contribution >= 4 is 11.5 Å². The maximum Gasteiger partial charge on any atom is 0.0804 e. The Bertz CT molecular complexity index is 463. The van der Waals surface area contributed by atoms with Crippen LogP contribution < -0.4 is 5.73 Å². The molecular weight excluding hydrogens is 220 g/mol. The average molecular weight is 234 g/mol. The number of nitrogens with zero attached hydrogens (tertiary/aromatic N) is 3. The molecule has 2 heterocycles. The molecule has 2 aromatic rings. The average Bonchev–Trinajstić information content (AvgIpc) is 2.77. The predicted molar refractivity (Wildman–Crippen MR) is 64.3 cm³/mol. The van der Waals surface area contributed by atoms with Crippen LogP contribution >= 0.6 is 11.5 Å². The van der Waals surface area contributed by atoms with E-state index in [1.807, 2.05) is 25.3 Å². The molecule has 0 saturated heterocycles. The molecule has 0 aliphatic heterocycles.